The average molecular weight is 456 g/mol. The van der Waals surface area contributed by atoms with Crippen LogP contribution in [0.25, 0.3) is 11.0 Å². The Balaban J connectivity index is 1.56. The summed E-state index contributed by atoms with van der Waals surface area (Å²) in [7, 11) is 3.10. The molecule has 0 fully saturated rings. The zero-order valence-electron chi connectivity index (χ0n) is 19.3. The Labute approximate surface area is 191 Å². The molecule has 0 aliphatic heterocycles. The molecule has 1 atom stereocenters. The summed E-state index contributed by atoms with van der Waals surface area (Å²) >= 11 is 0. The molecule has 3 aromatic rings. The monoisotopic (exact) mass is 455 g/mol. The molecule has 1 unspecified atom stereocenters. The molecule has 176 valence electrons. The van der Waals surface area contributed by atoms with E-state index in [9.17, 15) is 14.4 Å². The summed E-state index contributed by atoms with van der Waals surface area (Å²) in [5, 5.41) is 2.79. The Morgan fingerprint density at radius 2 is 1.73 bits per heavy atom. The Bertz CT molecular complexity index is 1200. The summed E-state index contributed by atoms with van der Waals surface area (Å²) in [6.45, 7) is 3.98. The van der Waals surface area contributed by atoms with Gasteiger partial charge in [0.25, 0.3) is 5.91 Å². The minimum Gasteiger partial charge on any atom is -0.497 e. The number of amides is 1. The number of imidazole rings is 1. The number of para-hydroxylation sites is 2. The zero-order chi connectivity index (χ0) is 24.0. The number of methoxy groups -OCH3 is 2. The maximum atomic E-state index is 12.6. The molecular weight excluding hydrogens is 426 g/mol. The lowest BCUT2D eigenvalue weighted by molar-refractivity contribution is -0.148. The van der Waals surface area contributed by atoms with Crippen LogP contribution in [0.3, 0.4) is 0 Å². The molecule has 1 heterocycles. The molecule has 1 N–H and O–H groups in total. The number of hydrogen-bond acceptors (Lipinski definition) is 6. The fraction of sp³-hybridized carbons (Fsp3) is 0.375. The van der Waals surface area contributed by atoms with Crippen molar-refractivity contribution in [1.82, 2.24) is 14.5 Å². The van der Waals surface area contributed by atoms with E-state index in [1.54, 1.807) is 48.5 Å². The number of ether oxygens (including phenoxy) is 3. The highest BCUT2D eigenvalue weighted by atomic mass is 16.5. The van der Waals surface area contributed by atoms with Gasteiger partial charge in [-0.25, -0.2) is 4.79 Å². The summed E-state index contributed by atoms with van der Waals surface area (Å²) in [6, 6.07) is 12.3. The van der Waals surface area contributed by atoms with E-state index in [0.29, 0.717) is 18.0 Å². The lowest BCUT2D eigenvalue weighted by Gasteiger charge is -2.18. The predicted molar refractivity (Wildman–Crippen MR) is 124 cm³/mol. The maximum Gasteiger partial charge on any atom is 0.329 e. The van der Waals surface area contributed by atoms with Crippen LogP contribution in [-0.2, 0) is 27.4 Å². The number of aryl methyl sites for hydroxylation is 2. The number of hydrogen-bond donors (Lipinski definition) is 1. The highest BCUT2D eigenvalue weighted by Gasteiger charge is 2.17. The maximum absolute atomic E-state index is 12.6. The molecule has 9 nitrogen and oxygen atoms in total. The first-order valence-corrected chi connectivity index (χ1v) is 10.7. The Morgan fingerprint density at radius 1 is 1.03 bits per heavy atom. The standard InChI is InChI=1S/C24H29N3O6/c1-5-26-19-8-6-7-9-20(19)27(24(26)30)13-12-23(29)33-15-22(28)25-16(2)18-14-17(31-3)10-11-21(18)32-4/h6-11,14,16H,5,12-13,15H2,1-4H3,(H,25,28). The van der Waals surface area contributed by atoms with Gasteiger partial charge < -0.3 is 19.5 Å². The number of nitrogens with zero attached hydrogens (tertiary/aromatic N) is 2. The number of carbonyl (C=O) groups excluding carboxylic acids is 2. The van der Waals surface area contributed by atoms with E-state index in [-0.39, 0.29) is 24.7 Å². The zero-order valence-corrected chi connectivity index (χ0v) is 19.3. The van der Waals surface area contributed by atoms with Crippen molar-refractivity contribution < 1.29 is 23.8 Å². The van der Waals surface area contributed by atoms with Crippen LogP contribution in [0.4, 0.5) is 0 Å². The molecule has 1 aromatic heterocycles. The van der Waals surface area contributed by atoms with Gasteiger partial charge in [0.2, 0.25) is 0 Å². The smallest absolute Gasteiger partial charge is 0.329 e. The lowest BCUT2D eigenvalue weighted by atomic mass is 10.1. The van der Waals surface area contributed by atoms with Gasteiger partial charge in [0.1, 0.15) is 11.5 Å². The molecule has 0 saturated carbocycles. The average Bonchev–Trinajstić information content (AvgIpc) is 3.11. The molecule has 0 saturated heterocycles. The largest absolute Gasteiger partial charge is 0.497 e. The van der Waals surface area contributed by atoms with Gasteiger partial charge >= 0.3 is 11.7 Å². The molecule has 0 bridgehead atoms. The minimum absolute atomic E-state index is 0.0236. The van der Waals surface area contributed by atoms with Crippen molar-refractivity contribution in [3.8, 4) is 11.5 Å². The van der Waals surface area contributed by atoms with E-state index in [4.69, 9.17) is 14.2 Å². The van der Waals surface area contributed by atoms with Gasteiger partial charge in [0, 0.05) is 18.7 Å². The van der Waals surface area contributed by atoms with Gasteiger partial charge in [0.05, 0.1) is 37.7 Å². The van der Waals surface area contributed by atoms with Crippen LogP contribution in [0.5, 0.6) is 11.5 Å². The van der Waals surface area contributed by atoms with E-state index in [1.807, 2.05) is 31.2 Å². The van der Waals surface area contributed by atoms with Gasteiger partial charge in [-0.2, -0.15) is 0 Å². The van der Waals surface area contributed by atoms with Crippen molar-refractivity contribution in [1.29, 1.82) is 0 Å². The van der Waals surface area contributed by atoms with Crippen LogP contribution in [0, 0.1) is 0 Å². The third-order valence-electron chi connectivity index (χ3n) is 5.43. The van der Waals surface area contributed by atoms with E-state index in [2.05, 4.69) is 5.32 Å². The third kappa shape index (κ3) is 5.36. The molecule has 9 heteroatoms. The molecule has 0 aliphatic carbocycles. The van der Waals surface area contributed by atoms with Gasteiger partial charge in [-0.1, -0.05) is 12.1 Å². The minimum atomic E-state index is -0.558. The van der Waals surface area contributed by atoms with Crippen molar-refractivity contribution >= 4 is 22.9 Å². The SMILES string of the molecule is CCn1c(=O)n(CCC(=O)OCC(=O)NC(C)c2cc(OC)ccc2OC)c2ccccc21. The second-order valence-electron chi connectivity index (χ2n) is 7.47. The predicted octanol–water partition coefficient (Wildman–Crippen LogP) is 2.65. The third-order valence-corrected chi connectivity index (χ3v) is 5.43. The summed E-state index contributed by atoms with van der Waals surface area (Å²) in [6.07, 6.45) is -0.0236. The van der Waals surface area contributed by atoms with Crippen LogP contribution in [-0.4, -0.2) is 41.8 Å². The van der Waals surface area contributed by atoms with Crippen molar-refractivity contribution in [2.75, 3.05) is 20.8 Å². The Morgan fingerprint density at radius 3 is 2.36 bits per heavy atom. The van der Waals surface area contributed by atoms with Gasteiger partial charge in [-0.3, -0.25) is 18.7 Å². The number of rotatable bonds is 10. The molecule has 0 spiro atoms. The van der Waals surface area contributed by atoms with E-state index in [1.165, 1.54) is 0 Å². The van der Waals surface area contributed by atoms with E-state index < -0.39 is 18.5 Å². The Hall–Kier alpha value is -3.75. The van der Waals surface area contributed by atoms with Crippen molar-refractivity contribution in [3.05, 3.63) is 58.5 Å². The van der Waals surface area contributed by atoms with Crippen LogP contribution in [0.15, 0.2) is 47.3 Å². The van der Waals surface area contributed by atoms with E-state index >= 15 is 0 Å². The summed E-state index contributed by atoms with van der Waals surface area (Å²) < 4.78 is 18.9. The fourth-order valence-electron chi connectivity index (χ4n) is 3.75. The molecule has 0 radical (unpaired) electrons. The molecule has 2 aromatic carbocycles. The lowest BCUT2D eigenvalue weighted by Crippen LogP contribution is -2.31. The van der Waals surface area contributed by atoms with Crippen molar-refractivity contribution in [3.63, 3.8) is 0 Å². The van der Waals surface area contributed by atoms with Crippen LogP contribution < -0.4 is 20.5 Å². The fourth-order valence-corrected chi connectivity index (χ4v) is 3.75. The molecule has 3 rings (SSSR count). The number of esters is 1. The molecule has 1 amide bonds. The first kappa shape index (κ1) is 23.9. The van der Waals surface area contributed by atoms with Crippen molar-refractivity contribution in [2.24, 2.45) is 0 Å². The quantitative estimate of drug-likeness (QED) is 0.472. The number of nitrogens with one attached hydrogen (secondary N) is 1. The first-order chi connectivity index (χ1) is 15.9. The van der Waals surface area contributed by atoms with E-state index in [0.717, 1.165) is 16.6 Å². The van der Waals surface area contributed by atoms with Crippen LogP contribution >= 0.6 is 0 Å². The first-order valence-electron chi connectivity index (χ1n) is 10.7. The van der Waals surface area contributed by atoms with Crippen molar-refractivity contribution in [2.45, 2.75) is 39.4 Å². The molecule has 33 heavy (non-hydrogen) atoms. The van der Waals surface area contributed by atoms with Gasteiger partial charge in [-0.05, 0) is 44.2 Å². The Kier molecular flexibility index (Phi) is 7.76. The second kappa shape index (κ2) is 10.7. The number of aromatic nitrogens is 2. The summed E-state index contributed by atoms with van der Waals surface area (Å²) in [5.74, 6) is 0.243. The topological polar surface area (TPSA) is 101 Å². The number of carbonyl (C=O) groups is 2. The van der Waals surface area contributed by atoms with Gasteiger partial charge in [-0.15, -0.1) is 0 Å². The molecular formula is C24H29N3O6. The number of fused-ring (bicyclic) bond motifs is 1. The second-order valence-corrected chi connectivity index (χ2v) is 7.47. The van der Waals surface area contributed by atoms with Gasteiger partial charge in [0.15, 0.2) is 6.61 Å². The summed E-state index contributed by atoms with van der Waals surface area (Å²) in [5.41, 5.74) is 2.14. The highest BCUT2D eigenvalue weighted by molar-refractivity contribution is 5.81. The highest BCUT2D eigenvalue weighted by Crippen LogP contribution is 2.29. The van der Waals surface area contributed by atoms with Crippen LogP contribution in [0.2, 0.25) is 0 Å². The normalized spacial score (nSPS) is 11.8. The number of benzene rings is 2. The van der Waals surface area contributed by atoms with Crippen LogP contribution in [0.1, 0.15) is 31.9 Å². The summed E-state index contributed by atoms with van der Waals surface area (Å²) in [4.78, 5) is 37.2. The molecule has 0 aliphatic rings.